The van der Waals surface area contributed by atoms with Gasteiger partial charge >= 0.3 is 0 Å². The van der Waals surface area contributed by atoms with E-state index in [-0.39, 0.29) is 5.24 Å². The van der Waals surface area contributed by atoms with Gasteiger partial charge in [-0.2, -0.15) is 0 Å². The van der Waals surface area contributed by atoms with Crippen LogP contribution in [0.4, 0.5) is 10.5 Å². The van der Waals surface area contributed by atoms with E-state index >= 15 is 0 Å². The number of rotatable bonds is 4. The number of hydrogen-bond acceptors (Lipinski definition) is 5. The van der Waals surface area contributed by atoms with Gasteiger partial charge in [-0.1, -0.05) is 18.2 Å². The van der Waals surface area contributed by atoms with E-state index in [0.29, 0.717) is 17.3 Å². The number of para-hydroxylation sites is 1. The maximum atomic E-state index is 11.8. The van der Waals surface area contributed by atoms with Gasteiger partial charge in [-0.15, -0.1) is 0 Å². The first-order valence-corrected chi connectivity index (χ1v) is 8.08. The van der Waals surface area contributed by atoms with Crippen LogP contribution in [0.25, 0.3) is 6.08 Å². The molecule has 0 spiro atoms. The van der Waals surface area contributed by atoms with Gasteiger partial charge in [0.1, 0.15) is 17.3 Å². The van der Waals surface area contributed by atoms with Crippen LogP contribution in [0.5, 0.6) is 11.5 Å². The van der Waals surface area contributed by atoms with Gasteiger partial charge in [0.05, 0.1) is 24.8 Å². The third kappa shape index (κ3) is 3.60. The van der Waals surface area contributed by atoms with Crippen molar-refractivity contribution in [1.82, 2.24) is 5.32 Å². The predicted octanol–water partition coefficient (Wildman–Crippen LogP) is 4.23. The third-order valence-corrected chi connectivity index (χ3v) is 4.20. The van der Waals surface area contributed by atoms with Crippen molar-refractivity contribution in [3.63, 3.8) is 0 Å². The molecular weight excluding hydrogens is 324 g/mol. The van der Waals surface area contributed by atoms with E-state index in [9.17, 15) is 4.79 Å². The number of carbonyl (C=O) groups is 1. The van der Waals surface area contributed by atoms with Crippen molar-refractivity contribution in [1.29, 1.82) is 0 Å². The topological polar surface area (TPSA) is 59.9 Å². The van der Waals surface area contributed by atoms with Crippen LogP contribution in [-0.2, 0) is 0 Å². The highest BCUT2D eigenvalue weighted by Crippen LogP contribution is 2.32. The number of hydrogen-bond donors (Lipinski definition) is 1. The van der Waals surface area contributed by atoms with Gasteiger partial charge < -0.3 is 14.8 Å². The maximum absolute atomic E-state index is 11.8. The molecule has 1 heterocycles. The number of amides is 1. The summed E-state index contributed by atoms with van der Waals surface area (Å²) in [6.07, 6.45) is 1.88. The van der Waals surface area contributed by atoms with Gasteiger partial charge in [0.15, 0.2) is 0 Å². The van der Waals surface area contributed by atoms with Gasteiger partial charge in [0.25, 0.3) is 5.24 Å². The molecule has 0 aromatic heterocycles. The van der Waals surface area contributed by atoms with Crippen molar-refractivity contribution in [3.05, 3.63) is 59.0 Å². The molecule has 122 valence electrons. The first kappa shape index (κ1) is 16.1. The zero-order chi connectivity index (χ0) is 16.9. The van der Waals surface area contributed by atoms with Crippen molar-refractivity contribution in [2.45, 2.75) is 0 Å². The van der Waals surface area contributed by atoms with E-state index in [1.54, 1.807) is 20.3 Å². The molecule has 0 bridgehead atoms. The summed E-state index contributed by atoms with van der Waals surface area (Å²) in [6, 6.07) is 15.0. The smallest absolute Gasteiger partial charge is 0.289 e. The van der Waals surface area contributed by atoms with Crippen LogP contribution in [-0.4, -0.2) is 25.3 Å². The second-order valence-corrected chi connectivity index (χ2v) is 5.94. The summed E-state index contributed by atoms with van der Waals surface area (Å²) in [7, 11) is 3.20. The molecule has 0 saturated carbocycles. The minimum Gasteiger partial charge on any atom is -0.497 e. The summed E-state index contributed by atoms with van der Waals surface area (Å²) in [6.45, 7) is 0. The number of amidine groups is 1. The Kier molecular flexibility index (Phi) is 4.86. The molecule has 2 aromatic rings. The molecule has 0 radical (unpaired) electrons. The second kappa shape index (κ2) is 7.23. The highest BCUT2D eigenvalue weighted by Gasteiger charge is 2.24. The molecule has 0 atom stereocenters. The molecular formula is C18H16N2O3S. The van der Waals surface area contributed by atoms with Crippen LogP contribution < -0.4 is 14.8 Å². The molecule has 5 nitrogen and oxygen atoms in total. The monoisotopic (exact) mass is 340 g/mol. The Labute approximate surface area is 144 Å². The average Bonchev–Trinajstić information content (AvgIpc) is 2.95. The van der Waals surface area contributed by atoms with Crippen LogP contribution >= 0.6 is 11.8 Å². The normalized spacial score (nSPS) is 17.2. The fourth-order valence-corrected chi connectivity index (χ4v) is 2.95. The molecule has 0 aliphatic carbocycles. The standard InChI is InChI=1S/C18H16N2O3S/c1-22-14-9-8-12(15(11-14)23-2)10-16-17(20-18(21)24-16)19-13-6-4-3-5-7-13/h3-11H,1-2H3,(H,19,20,21)/b16-10-. The van der Waals surface area contributed by atoms with E-state index in [0.717, 1.165) is 27.9 Å². The van der Waals surface area contributed by atoms with E-state index in [1.165, 1.54) is 0 Å². The summed E-state index contributed by atoms with van der Waals surface area (Å²) in [4.78, 5) is 17.0. The lowest BCUT2D eigenvalue weighted by molar-refractivity contribution is 0.265. The molecule has 24 heavy (non-hydrogen) atoms. The second-order valence-electron chi connectivity index (χ2n) is 4.93. The molecule has 1 aliphatic heterocycles. The Bertz CT molecular complexity index is 816. The van der Waals surface area contributed by atoms with Gasteiger partial charge in [-0.05, 0) is 42.1 Å². The summed E-state index contributed by atoms with van der Waals surface area (Å²) >= 11 is 1.11. The molecule has 1 saturated heterocycles. The van der Waals surface area contributed by atoms with Gasteiger partial charge in [-0.25, -0.2) is 4.99 Å². The van der Waals surface area contributed by atoms with Crippen LogP contribution in [0.1, 0.15) is 5.56 Å². The van der Waals surface area contributed by atoms with Gasteiger partial charge in [0, 0.05) is 11.6 Å². The molecule has 1 amide bonds. The maximum Gasteiger partial charge on any atom is 0.289 e. The average molecular weight is 340 g/mol. The zero-order valence-corrected chi connectivity index (χ0v) is 14.1. The SMILES string of the molecule is COc1ccc(/C=C2\SC(=O)NC2=Nc2ccccc2)c(OC)c1. The van der Waals surface area contributed by atoms with Crippen LogP contribution in [0.15, 0.2) is 58.4 Å². The minimum atomic E-state index is -0.150. The third-order valence-electron chi connectivity index (χ3n) is 3.38. The Morgan fingerprint density at radius 1 is 1.08 bits per heavy atom. The van der Waals surface area contributed by atoms with E-state index in [4.69, 9.17) is 9.47 Å². The van der Waals surface area contributed by atoms with Crippen molar-refractivity contribution < 1.29 is 14.3 Å². The fourth-order valence-electron chi connectivity index (χ4n) is 2.22. The number of nitrogens with zero attached hydrogens (tertiary/aromatic N) is 1. The van der Waals surface area contributed by atoms with E-state index < -0.39 is 0 Å². The lowest BCUT2D eigenvalue weighted by Gasteiger charge is -2.08. The quantitative estimate of drug-likeness (QED) is 0.905. The molecule has 1 fully saturated rings. The van der Waals surface area contributed by atoms with Crippen molar-refractivity contribution in [2.24, 2.45) is 4.99 Å². The number of ether oxygens (including phenoxy) is 2. The number of nitrogens with one attached hydrogen (secondary N) is 1. The van der Waals surface area contributed by atoms with Crippen molar-refractivity contribution >= 4 is 34.6 Å². The predicted molar refractivity (Wildman–Crippen MR) is 97.2 cm³/mol. The van der Waals surface area contributed by atoms with E-state index in [2.05, 4.69) is 10.3 Å². The molecule has 2 aromatic carbocycles. The number of thioether (sulfide) groups is 1. The van der Waals surface area contributed by atoms with Crippen LogP contribution in [0.3, 0.4) is 0 Å². The summed E-state index contributed by atoms with van der Waals surface area (Å²) in [5.41, 5.74) is 1.63. The molecule has 1 aliphatic rings. The number of benzene rings is 2. The van der Waals surface area contributed by atoms with Crippen LogP contribution in [0.2, 0.25) is 0 Å². The van der Waals surface area contributed by atoms with Gasteiger partial charge in [-0.3, -0.25) is 4.79 Å². The Morgan fingerprint density at radius 3 is 2.58 bits per heavy atom. The number of carbonyl (C=O) groups excluding carboxylic acids is 1. The van der Waals surface area contributed by atoms with Crippen molar-refractivity contribution in [2.75, 3.05) is 14.2 Å². The highest BCUT2D eigenvalue weighted by molar-refractivity contribution is 8.18. The van der Waals surface area contributed by atoms with Gasteiger partial charge in [0.2, 0.25) is 0 Å². The fraction of sp³-hybridized carbons (Fsp3) is 0.111. The summed E-state index contributed by atoms with van der Waals surface area (Å²) < 4.78 is 10.6. The lowest BCUT2D eigenvalue weighted by Crippen LogP contribution is -2.18. The molecule has 1 N–H and O–H groups in total. The summed E-state index contributed by atoms with van der Waals surface area (Å²) in [5.74, 6) is 1.91. The largest absolute Gasteiger partial charge is 0.497 e. The van der Waals surface area contributed by atoms with Crippen LogP contribution in [0, 0.1) is 0 Å². The molecule has 0 unspecified atom stereocenters. The Balaban J connectivity index is 1.99. The summed E-state index contributed by atoms with van der Waals surface area (Å²) in [5, 5.41) is 2.62. The Hall–Kier alpha value is -2.73. The number of methoxy groups -OCH3 is 2. The molecule has 6 heteroatoms. The van der Waals surface area contributed by atoms with Crippen molar-refractivity contribution in [3.8, 4) is 11.5 Å². The zero-order valence-electron chi connectivity index (χ0n) is 13.3. The van der Waals surface area contributed by atoms with E-state index in [1.807, 2.05) is 48.5 Å². The highest BCUT2D eigenvalue weighted by atomic mass is 32.2. The number of aliphatic imine (C=N–C) groups is 1. The Morgan fingerprint density at radius 2 is 1.88 bits per heavy atom. The minimum absolute atomic E-state index is 0.150. The molecule has 3 rings (SSSR count). The first-order valence-electron chi connectivity index (χ1n) is 7.26. The lowest BCUT2D eigenvalue weighted by atomic mass is 10.1. The first-order chi connectivity index (χ1) is 11.7.